The van der Waals surface area contributed by atoms with E-state index in [0.29, 0.717) is 28.3 Å². The van der Waals surface area contributed by atoms with Crippen LogP contribution < -0.4 is 21.3 Å². The van der Waals surface area contributed by atoms with Crippen molar-refractivity contribution in [3.8, 4) is 5.75 Å². The fraction of sp³-hybridized carbons (Fsp3) is 0.174. The second-order valence-corrected chi connectivity index (χ2v) is 7.95. The van der Waals surface area contributed by atoms with E-state index in [4.69, 9.17) is 4.74 Å². The Hall–Kier alpha value is -3.72. The summed E-state index contributed by atoms with van der Waals surface area (Å²) in [6.07, 6.45) is 0. The molecular formula is C23H20FN3O4S. The summed E-state index contributed by atoms with van der Waals surface area (Å²) in [5.41, 5.74) is 0.549. The quantitative estimate of drug-likeness (QED) is 0.465. The first-order valence-electron chi connectivity index (χ1n) is 9.94. The molecule has 0 saturated carbocycles. The number of aromatic nitrogens is 2. The van der Waals surface area contributed by atoms with Gasteiger partial charge in [0.05, 0.1) is 18.7 Å². The first-order valence-corrected chi connectivity index (χ1v) is 10.8. The van der Waals surface area contributed by atoms with E-state index in [1.165, 1.54) is 40.2 Å². The number of fused-ring (bicyclic) bond motifs is 1. The van der Waals surface area contributed by atoms with Crippen molar-refractivity contribution < 1.29 is 13.9 Å². The number of carbonyl (C=O) groups excluding carboxylic acids is 1. The summed E-state index contributed by atoms with van der Waals surface area (Å²) < 4.78 is 21.4. The fourth-order valence-corrected chi connectivity index (χ4v) is 4.23. The molecule has 164 valence electrons. The van der Waals surface area contributed by atoms with E-state index in [1.54, 1.807) is 35.7 Å². The van der Waals surface area contributed by atoms with E-state index in [0.717, 1.165) is 10.1 Å². The number of thiophene rings is 1. The van der Waals surface area contributed by atoms with Crippen LogP contribution in [0.25, 0.3) is 10.2 Å². The Labute approximate surface area is 186 Å². The molecule has 4 aromatic rings. The van der Waals surface area contributed by atoms with Crippen molar-refractivity contribution in [2.24, 2.45) is 0 Å². The van der Waals surface area contributed by atoms with E-state index >= 15 is 0 Å². The molecule has 0 unspecified atom stereocenters. The van der Waals surface area contributed by atoms with Crippen LogP contribution >= 0.6 is 11.3 Å². The van der Waals surface area contributed by atoms with Gasteiger partial charge in [-0.05, 0) is 60.3 Å². The molecule has 0 aliphatic carbocycles. The summed E-state index contributed by atoms with van der Waals surface area (Å²) in [5, 5.41) is 4.35. The van der Waals surface area contributed by atoms with Gasteiger partial charge in [0.2, 0.25) is 5.91 Å². The molecule has 9 heteroatoms. The first kappa shape index (κ1) is 21.5. The second kappa shape index (κ2) is 9.19. The lowest BCUT2D eigenvalue weighted by atomic mass is 10.2. The van der Waals surface area contributed by atoms with E-state index in [9.17, 15) is 18.8 Å². The molecular weight excluding hydrogens is 433 g/mol. The molecule has 0 fully saturated rings. The maximum absolute atomic E-state index is 13.2. The lowest BCUT2D eigenvalue weighted by Gasteiger charge is -2.13. The molecule has 2 aromatic carbocycles. The van der Waals surface area contributed by atoms with E-state index < -0.39 is 23.0 Å². The topological polar surface area (TPSA) is 82.3 Å². The molecule has 1 N–H and O–H groups in total. The van der Waals surface area contributed by atoms with Crippen molar-refractivity contribution in [2.45, 2.75) is 20.0 Å². The maximum atomic E-state index is 13.2. The number of benzene rings is 2. The van der Waals surface area contributed by atoms with Crippen molar-refractivity contribution in [1.29, 1.82) is 0 Å². The Kier molecular flexibility index (Phi) is 6.18. The molecule has 2 heterocycles. The molecule has 0 aliphatic heterocycles. The highest BCUT2D eigenvalue weighted by atomic mass is 32.1. The van der Waals surface area contributed by atoms with Gasteiger partial charge >= 0.3 is 5.69 Å². The van der Waals surface area contributed by atoms with Crippen LogP contribution in [0.3, 0.4) is 0 Å². The van der Waals surface area contributed by atoms with Gasteiger partial charge in [-0.15, -0.1) is 11.3 Å². The molecule has 0 aliphatic rings. The molecule has 0 atom stereocenters. The van der Waals surface area contributed by atoms with Crippen molar-refractivity contribution >= 4 is 33.1 Å². The number of anilines is 1. The van der Waals surface area contributed by atoms with E-state index in [1.807, 2.05) is 6.92 Å². The van der Waals surface area contributed by atoms with Crippen LogP contribution in [0.5, 0.6) is 5.75 Å². The number of nitrogens with zero attached hydrogens (tertiary/aromatic N) is 2. The first-order chi connectivity index (χ1) is 15.5. The van der Waals surface area contributed by atoms with E-state index in [2.05, 4.69) is 5.32 Å². The number of hydrogen-bond donors (Lipinski definition) is 1. The highest BCUT2D eigenvalue weighted by Crippen LogP contribution is 2.17. The van der Waals surface area contributed by atoms with Gasteiger partial charge in [-0.3, -0.25) is 18.7 Å². The number of amides is 1. The second-order valence-electron chi connectivity index (χ2n) is 7.03. The van der Waals surface area contributed by atoms with Crippen LogP contribution in [0.15, 0.2) is 69.6 Å². The minimum absolute atomic E-state index is 0.0476. The summed E-state index contributed by atoms with van der Waals surface area (Å²) in [4.78, 5) is 38.8. The van der Waals surface area contributed by atoms with Gasteiger partial charge in [-0.1, -0.05) is 12.1 Å². The van der Waals surface area contributed by atoms with Crippen LogP contribution in [0.1, 0.15) is 12.5 Å². The molecule has 2 aromatic heterocycles. The summed E-state index contributed by atoms with van der Waals surface area (Å²) in [7, 11) is 0. The molecule has 1 amide bonds. The number of carbonyl (C=O) groups is 1. The van der Waals surface area contributed by atoms with Gasteiger partial charge in [-0.25, -0.2) is 9.18 Å². The van der Waals surface area contributed by atoms with Crippen LogP contribution in [-0.2, 0) is 17.9 Å². The van der Waals surface area contributed by atoms with Crippen molar-refractivity contribution in [3.63, 3.8) is 0 Å². The third-order valence-electron chi connectivity index (χ3n) is 4.82. The zero-order valence-corrected chi connectivity index (χ0v) is 18.0. The SMILES string of the molecule is CCOc1cccc(Cn2c(=O)c3sccc3n(CC(=O)Nc3ccc(F)cc3)c2=O)c1. The zero-order chi connectivity index (χ0) is 22.7. The Morgan fingerprint density at radius 2 is 1.88 bits per heavy atom. The summed E-state index contributed by atoms with van der Waals surface area (Å²) >= 11 is 1.21. The number of nitrogens with one attached hydrogen (secondary N) is 1. The van der Waals surface area contributed by atoms with Gasteiger partial charge < -0.3 is 10.1 Å². The van der Waals surface area contributed by atoms with Gasteiger partial charge in [0.25, 0.3) is 5.56 Å². The Balaban J connectivity index is 1.69. The number of halogens is 1. The third-order valence-corrected chi connectivity index (χ3v) is 5.71. The normalized spacial score (nSPS) is 10.9. The molecule has 4 rings (SSSR count). The van der Waals surface area contributed by atoms with Gasteiger partial charge in [0, 0.05) is 5.69 Å². The summed E-state index contributed by atoms with van der Waals surface area (Å²) in [6.45, 7) is 2.13. The lowest BCUT2D eigenvalue weighted by molar-refractivity contribution is -0.116. The molecule has 0 spiro atoms. The van der Waals surface area contributed by atoms with Gasteiger partial charge in [0.1, 0.15) is 22.8 Å². The predicted molar refractivity (Wildman–Crippen MR) is 122 cm³/mol. The van der Waals surface area contributed by atoms with Crippen LogP contribution in [0, 0.1) is 5.82 Å². The van der Waals surface area contributed by atoms with Crippen molar-refractivity contribution in [1.82, 2.24) is 9.13 Å². The van der Waals surface area contributed by atoms with Crippen molar-refractivity contribution in [2.75, 3.05) is 11.9 Å². The minimum Gasteiger partial charge on any atom is -0.494 e. The number of hydrogen-bond acceptors (Lipinski definition) is 5. The Morgan fingerprint density at radius 3 is 2.62 bits per heavy atom. The van der Waals surface area contributed by atoms with Crippen LogP contribution in [0.4, 0.5) is 10.1 Å². The number of rotatable bonds is 7. The fourth-order valence-electron chi connectivity index (χ4n) is 3.39. The standard InChI is InChI=1S/C23H20FN3O4S/c1-2-31-18-5-3-4-15(12-18)13-27-22(29)21-19(10-11-32-21)26(23(27)30)14-20(28)25-17-8-6-16(24)7-9-17/h3-12H,2,13-14H2,1H3,(H,25,28). The maximum Gasteiger partial charge on any atom is 0.332 e. The van der Waals surface area contributed by atoms with Gasteiger partial charge in [-0.2, -0.15) is 0 Å². The Bertz CT molecular complexity index is 1390. The highest BCUT2D eigenvalue weighted by Gasteiger charge is 2.17. The largest absolute Gasteiger partial charge is 0.494 e. The summed E-state index contributed by atoms with van der Waals surface area (Å²) in [5.74, 6) is -0.233. The zero-order valence-electron chi connectivity index (χ0n) is 17.2. The monoisotopic (exact) mass is 453 g/mol. The van der Waals surface area contributed by atoms with Crippen molar-refractivity contribution in [3.05, 3.63) is 92.2 Å². The van der Waals surface area contributed by atoms with Gasteiger partial charge in [0.15, 0.2) is 0 Å². The molecule has 32 heavy (non-hydrogen) atoms. The smallest absolute Gasteiger partial charge is 0.332 e. The van der Waals surface area contributed by atoms with E-state index in [-0.39, 0.29) is 13.1 Å². The number of ether oxygens (including phenoxy) is 1. The summed E-state index contributed by atoms with van der Waals surface area (Å²) in [6, 6.07) is 14.2. The Morgan fingerprint density at radius 1 is 1.09 bits per heavy atom. The average Bonchev–Trinajstić information content (AvgIpc) is 3.26. The predicted octanol–water partition coefficient (Wildman–Crippen LogP) is 3.45. The van der Waals surface area contributed by atoms with Crippen LogP contribution in [0.2, 0.25) is 0 Å². The molecule has 0 saturated heterocycles. The average molecular weight is 453 g/mol. The third kappa shape index (κ3) is 4.47. The highest BCUT2D eigenvalue weighted by molar-refractivity contribution is 7.17. The van der Waals surface area contributed by atoms with Crippen LogP contribution in [-0.4, -0.2) is 21.6 Å². The molecule has 7 nitrogen and oxygen atoms in total. The minimum atomic E-state index is -0.586. The molecule has 0 radical (unpaired) electrons. The molecule has 0 bridgehead atoms. The lowest BCUT2D eigenvalue weighted by Crippen LogP contribution is -2.41.